The topological polar surface area (TPSA) is 71.9 Å². The molecule has 6 nitrogen and oxygen atoms in total. The molecule has 0 radical (unpaired) electrons. The third kappa shape index (κ3) is 4.39. The van der Waals surface area contributed by atoms with Gasteiger partial charge in [0, 0.05) is 24.9 Å². The van der Waals surface area contributed by atoms with Gasteiger partial charge in [-0.05, 0) is 13.8 Å². The Morgan fingerprint density at radius 3 is 3.10 bits per heavy atom. The van der Waals surface area contributed by atoms with Gasteiger partial charge in [0.05, 0.1) is 37.5 Å². The zero-order chi connectivity index (χ0) is 15.5. The van der Waals surface area contributed by atoms with Crippen LogP contribution in [-0.2, 0) is 20.7 Å². The Morgan fingerprint density at radius 1 is 1.67 bits per heavy atom. The van der Waals surface area contributed by atoms with Gasteiger partial charge in [0.25, 0.3) is 0 Å². The van der Waals surface area contributed by atoms with Crippen LogP contribution in [0.5, 0.6) is 0 Å². The van der Waals surface area contributed by atoms with E-state index in [1.165, 1.54) is 7.11 Å². The molecular formula is C14H22N2O4S. The number of aliphatic hydroxyl groups excluding tert-OH is 1. The standard InChI is InChI=1S/C14H22N2O4S/c1-14(2)9-16(6-11(7-17)20-14)13-15-10(8-21-13)4-5-12(18)19-3/h8,11,17H,4-7,9H2,1-3H3. The summed E-state index contributed by atoms with van der Waals surface area (Å²) in [5.41, 5.74) is 0.578. The van der Waals surface area contributed by atoms with Gasteiger partial charge in [-0.3, -0.25) is 4.79 Å². The average molecular weight is 314 g/mol. The minimum absolute atomic E-state index is 0.000499. The van der Waals surface area contributed by atoms with Crippen molar-refractivity contribution in [3.05, 3.63) is 11.1 Å². The molecule has 0 bridgehead atoms. The molecule has 2 rings (SSSR count). The summed E-state index contributed by atoms with van der Waals surface area (Å²) in [5, 5.41) is 12.2. The van der Waals surface area contributed by atoms with E-state index in [0.717, 1.165) is 17.4 Å². The number of aliphatic hydroxyl groups is 1. The number of esters is 1. The molecular weight excluding hydrogens is 292 g/mol. The Hall–Kier alpha value is -1.18. The van der Waals surface area contributed by atoms with Gasteiger partial charge < -0.3 is 19.5 Å². The maximum atomic E-state index is 11.2. The van der Waals surface area contributed by atoms with Crippen LogP contribution in [0.15, 0.2) is 5.38 Å². The zero-order valence-corrected chi connectivity index (χ0v) is 13.5. The molecule has 0 aromatic carbocycles. The number of nitrogens with zero attached hydrogens (tertiary/aromatic N) is 2. The second-order valence-corrected chi connectivity index (χ2v) is 6.60. The fraction of sp³-hybridized carbons (Fsp3) is 0.714. The molecule has 7 heteroatoms. The number of carbonyl (C=O) groups excluding carboxylic acids is 1. The predicted octanol–water partition coefficient (Wildman–Crippen LogP) is 1.22. The number of aryl methyl sites for hydroxylation is 1. The van der Waals surface area contributed by atoms with E-state index in [1.54, 1.807) is 11.3 Å². The monoisotopic (exact) mass is 314 g/mol. The molecule has 1 aromatic rings. The van der Waals surface area contributed by atoms with Crippen molar-refractivity contribution in [3.63, 3.8) is 0 Å². The summed E-state index contributed by atoms with van der Waals surface area (Å²) in [7, 11) is 1.39. The van der Waals surface area contributed by atoms with Crippen molar-refractivity contribution in [2.24, 2.45) is 0 Å². The molecule has 0 spiro atoms. The third-order valence-electron chi connectivity index (χ3n) is 3.31. The quantitative estimate of drug-likeness (QED) is 0.824. The van der Waals surface area contributed by atoms with Gasteiger partial charge in [0.2, 0.25) is 0 Å². The lowest BCUT2D eigenvalue weighted by atomic mass is 10.1. The lowest BCUT2D eigenvalue weighted by Gasteiger charge is -2.42. The van der Waals surface area contributed by atoms with Crippen molar-refractivity contribution in [3.8, 4) is 0 Å². The van der Waals surface area contributed by atoms with E-state index in [2.05, 4.69) is 14.6 Å². The molecule has 1 aromatic heterocycles. The van der Waals surface area contributed by atoms with Crippen LogP contribution in [0.4, 0.5) is 5.13 Å². The van der Waals surface area contributed by atoms with E-state index in [9.17, 15) is 9.90 Å². The van der Waals surface area contributed by atoms with Crippen LogP contribution >= 0.6 is 11.3 Å². The van der Waals surface area contributed by atoms with Crippen LogP contribution < -0.4 is 4.90 Å². The van der Waals surface area contributed by atoms with Crippen molar-refractivity contribution in [1.29, 1.82) is 0 Å². The second-order valence-electron chi connectivity index (χ2n) is 5.76. The first-order chi connectivity index (χ1) is 9.93. The number of hydrogen-bond donors (Lipinski definition) is 1. The smallest absolute Gasteiger partial charge is 0.305 e. The molecule has 1 aliphatic rings. The van der Waals surface area contributed by atoms with Crippen LogP contribution in [0.2, 0.25) is 0 Å². The highest BCUT2D eigenvalue weighted by Crippen LogP contribution is 2.28. The molecule has 1 N–H and O–H groups in total. The first-order valence-corrected chi connectivity index (χ1v) is 7.86. The third-order valence-corrected chi connectivity index (χ3v) is 4.26. The van der Waals surface area contributed by atoms with Crippen LogP contribution in [0.25, 0.3) is 0 Å². The van der Waals surface area contributed by atoms with Gasteiger partial charge >= 0.3 is 5.97 Å². The first-order valence-electron chi connectivity index (χ1n) is 6.98. The van der Waals surface area contributed by atoms with E-state index in [-0.39, 0.29) is 24.3 Å². The molecule has 2 heterocycles. The number of methoxy groups -OCH3 is 1. The lowest BCUT2D eigenvalue weighted by molar-refractivity contribution is -0.140. The highest BCUT2D eigenvalue weighted by atomic mass is 32.1. The van der Waals surface area contributed by atoms with E-state index in [1.807, 2.05) is 19.2 Å². The van der Waals surface area contributed by atoms with E-state index in [4.69, 9.17) is 4.74 Å². The van der Waals surface area contributed by atoms with Gasteiger partial charge in [0.1, 0.15) is 0 Å². The summed E-state index contributed by atoms with van der Waals surface area (Å²) in [4.78, 5) is 17.9. The average Bonchev–Trinajstić information content (AvgIpc) is 2.91. The molecule has 1 unspecified atom stereocenters. The molecule has 1 aliphatic heterocycles. The fourth-order valence-electron chi connectivity index (χ4n) is 2.42. The van der Waals surface area contributed by atoms with Gasteiger partial charge in [-0.25, -0.2) is 4.98 Å². The van der Waals surface area contributed by atoms with Gasteiger partial charge in [-0.1, -0.05) is 0 Å². The Bertz CT molecular complexity index is 489. The van der Waals surface area contributed by atoms with Crippen LogP contribution in [0.1, 0.15) is 26.0 Å². The summed E-state index contributed by atoms with van der Waals surface area (Å²) in [5.74, 6) is -0.225. The lowest BCUT2D eigenvalue weighted by Crippen LogP contribution is -2.54. The largest absolute Gasteiger partial charge is 0.469 e. The van der Waals surface area contributed by atoms with Crippen molar-refractivity contribution in [1.82, 2.24) is 4.98 Å². The maximum Gasteiger partial charge on any atom is 0.305 e. The minimum atomic E-state index is -0.316. The number of aromatic nitrogens is 1. The molecule has 1 saturated heterocycles. The number of hydrogen-bond acceptors (Lipinski definition) is 7. The Kier molecular flexibility index (Phi) is 5.18. The van der Waals surface area contributed by atoms with Crippen molar-refractivity contribution < 1.29 is 19.4 Å². The second kappa shape index (κ2) is 6.72. The maximum absolute atomic E-state index is 11.2. The van der Waals surface area contributed by atoms with Crippen molar-refractivity contribution in [2.75, 3.05) is 31.7 Å². The number of rotatable bonds is 5. The predicted molar refractivity (Wildman–Crippen MR) is 80.7 cm³/mol. The number of morpholine rings is 1. The van der Waals surface area contributed by atoms with Gasteiger partial charge in [0.15, 0.2) is 5.13 Å². The van der Waals surface area contributed by atoms with Crippen LogP contribution in [-0.4, -0.2) is 54.6 Å². The summed E-state index contributed by atoms with van der Waals surface area (Å²) in [6.07, 6.45) is 0.726. The highest BCUT2D eigenvalue weighted by molar-refractivity contribution is 7.13. The van der Waals surface area contributed by atoms with E-state index in [0.29, 0.717) is 19.4 Å². The fourth-order valence-corrected chi connectivity index (χ4v) is 3.30. The summed E-state index contributed by atoms with van der Waals surface area (Å²) in [6.45, 7) is 5.37. The molecule has 1 atom stereocenters. The van der Waals surface area contributed by atoms with Crippen molar-refractivity contribution in [2.45, 2.75) is 38.4 Å². The van der Waals surface area contributed by atoms with Crippen LogP contribution in [0.3, 0.4) is 0 Å². The normalized spacial score (nSPS) is 21.3. The number of anilines is 1. The Balaban J connectivity index is 2.01. The SMILES string of the molecule is COC(=O)CCc1csc(N2CC(CO)OC(C)(C)C2)n1. The van der Waals surface area contributed by atoms with E-state index < -0.39 is 0 Å². The molecule has 1 fully saturated rings. The van der Waals surface area contributed by atoms with Crippen LogP contribution in [0, 0.1) is 0 Å². The van der Waals surface area contributed by atoms with Crippen molar-refractivity contribution >= 4 is 22.4 Å². The Labute approximate surface area is 128 Å². The summed E-state index contributed by atoms with van der Waals surface area (Å²) < 4.78 is 10.4. The highest BCUT2D eigenvalue weighted by Gasteiger charge is 2.34. The number of ether oxygens (including phenoxy) is 2. The molecule has 0 aliphatic carbocycles. The van der Waals surface area contributed by atoms with E-state index >= 15 is 0 Å². The zero-order valence-electron chi connectivity index (χ0n) is 12.7. The molecule has 118 valence electrons. The number of thiazole rings is 1. The van der Waals surface area contributed by atoms with Gasteiger partial charge in [-0.15, -0.1) is 11.3 Å². The molecule has 0 saturated carbocycles. The number of carbonyl (C=O) groups is 1. The molecule has 0 amide bonds. The summed E-state index contributed by atoms with van der Waals surface area (Å²) >= 11 is 1.55. The Morgan fingerprint density at radius 2 is 2.43 bits per heavy atom. The summed E-state index contributed by atoms with van der Waals surface area (Å²) in [6, 6.07) is 0. The first kappa shape index (κ1) is 16.2. The molecule has 21 heavy (non-hydrogen) atoms. The van der Waals surface area contributed by atoms with Gasteiger partial charge in [-0.2, -0.15) is 0 Å². The minimum Gasteiger partial charge on any atom is -0.469 e.